The molecule has 7 rings (SSSR count). The molecule has 332 valence electrons. The summed E-state index contributed by atoms with van der Waals surface area (Å²) < 4.78 is 40.1. The molecule has 62 heavy (non-hydrogen) atoms. The number of rotatable bonds is 12. The molecule has 3 aromatic rings. The van der Waals surface area contributed by atoms with Gasteiger partial charge >= 0.3 is 19.8 Å². The van der Waals surface area contributed by atoms with Crippen molar-refractivity contribution in [3.8, 4) is 0 Å². The lowest BCUT2D eigenvalue weighted by Gasteiger charge is -2.67. The molecule has 1 aliphatic heterocycles. The smallest absolute Gasteiger partial charge is 0.456 e. The zero-order chi connectivity index (χ0) is 45.0. The van der Waals surface area contributed by atoms with E-state index in [1.165, 1.54) is 39.8 Å². The number of hydrogen-bond acceptors (Lipinski definition) is 14. The highest BCUT2D eigenvalue weighted by atomic mass is 31.2. The van der Waals surface area contributed by atoms with Gasteiger partial charge in [0.2, 0.25) is 0 Å². The van der Waals surface area contributed by atoms with Crippen LogP contribution in [0.1, 0.15) is 72.9 Å². The largest absolute Gasteiger partial charge is 0.471 e. The van der Waals surface area contributed by atoms with Gasteiger partial charge in [-0.15, -0.1) is 0 Å². The van der Waals surface area contributed by atoms with Gasteiger partial charge in [-0.3, -0.25) is 14.1 Å². The number of benzene rings is 3. The highest BCUT2D eigenvalue weighted by Crippen LogP contribution is 2.63. The van der Waals surface area contributed by atoms with E-state index in [-0.39, 0.29) is 28.7 Å². The molecular formula is C44H50NO16P. The molecule has 2 saturated carbocycles. The maximum Gasteiger partial charge on any atom is 0.471 e. The van der Waals surface area contributed by atoms with E-state index < -0.39 is 122 Å². The van der Waals surface area contributed by atoms with Crippen molar-refractivity contribution in [3.63, 3.8) is 0 Å². The highest BCUT2D eigenvalue weighted by molar-refractivity contribution is 7.46. The summed E-state index contributed by atoms with van der Waals surface area (Å²) in [6, 6.07) is 22.7. The predicted octanol–water partition coefficient (Wildman–Crippen LogP) is 2.69. The number of fused-ring (bicyclic) bond motifs is 5. The van der Waals surface area contributed by atoms with Gasteiger partial charge in [0, 0.05) is 29.7 Å². The zero-order valence-corrected chi connectivity index (χ0v) is 35.2. The Hall–Kier alpha value is -4.65. The zero-order valence-electron chi connectivity index (χ0n) is 34.3. The minimum absolute atomic E-state index is 0.0365. The van der Waals surface area contributed by atoms with Crippen LogP contribution in [0.4, 0.5) is 0 Å². The van der Waals surface area contributed by atoms with Crippen LogP contribution in [0.25, 0.3) is 0 Å². The van der Waals surface area contributed by atoms with E-state index in [1.807, 2.05) is 0 Å². The summed E-state index contributed by atoms with van der Waals surface area (Å²) in [5, 5.41) is 52.7. The van der Waals surface area contributed by atoms with Gasteiger partial charge in [0.25, 0.3) is 5.91 Å². The number of phosphoric ester groups is 1. The van der Waals surface area contributed by atoms with Gasteiger partial charge in [0.15, 0.2) is 18.7 Å². The summed E-state index contributed by atoms with van der Waals surface area (Å²) in [7, 11) is -5.09. The molecule has 9 unspecified atom stereocenters. The first-order valence-corrected chi connectivity index (χ1v) is 21.5. The summed E-state index contributed by atoms with van der Waals surface area (Å²) in [4.78, 5) is 75.7. The molecule has 2 bridgehead atoms. The second kappa shape index (κ2) is 16.8. The number of ketones is 1. The molecule has 17 nitrogen and oxygen atoms in total. The molecular weight excluding hydrogens is 829 g/mol. The predicted molar refractivity (Wildman–Crippen MR) is 215 cm³/mol. The number of amides is 1. The van der Waals surface area contributed by atoms with Crippen molar-refractivity contribution >= 4 is 31.5 Å². The molecule has 1 amide bonds. The minimum atomic E-state index is -5.09. The van der Waals surface area contributed by atoms with Crippen LogP contribution in [0.5, 0.6) is 0 Å². The third kappa shape index (κ3) is 7.85. The van der Waals surface area contributed by atoms with E-state index in [2.05, 4.69) is 9.84 Å². The van der Waals surface area contributed by atoms with Crippen LogP contribution >= 0.6 is 7.82 Å². The summed E-state index contributed by atoms with van der Waals surface area (Å²) >= 11 is 0. The molecule has 4 aliphatic rings. The van der Waals surface area contributed by atoms with Crippen molar-refractivity contribution < 1.29 is 77.4 Å². The Kier molecular flexibility index (Phi) is 12.3. The standard InChI is InChI=1S/C44H50NO16P/c1-24-28(60-40(51)34(47)32(25-14-8-5-9-15-25)45-38(49)26-16-10-6-11-17-26)21-44(53)37(61-39(50)27-18-12-7-13-19-27)35-42(4,36(48)33(46)31(24)41(44,2)3)29(58-23-59-62(54,55)56)20-30-43(35,52)22-57-30/h5-19,28-30,32-35,37,46-47,52-53H,20-23H2,1-4H3,(H,45,49)(H2,54,55,56)/t28?,29?,30?,32?,33?,34?,35?,37?,42-,43+,44?/m1/s1. The molecule has 3 fully saturated rings. The Balaban J connectivity index is 1.33. The van der Waals surface area contributed by atoms with E-state index in [4.69, 9.17) is 18.9 Å². The molecule has 0 radical (unpaired) electrons. The number of nitrogens with one attached hydrogen (secondary N) is 1. The monoisotopic (exact) mass is 879 g/mol. The molecule has 1 heterocycles. The van der Waals surface area contributed by atoms with E-state index in [9.17, 15) is 49.2 Å². The fourth-order valence-electron chi connectivity index (χ4n) is 9.94. The lowest BCUT2D eigenvalue weighted by atomic mass is 9.44. The first-order chi connectivity index (χ1) is 29.1. The number of aliphatic hydroxyl groups excluding tert-OH is 2. The SMILES string of the molecule is CC1=C2C(O)C(=O)[C@]3(C)C(OCOP(=O)(O)O)CC4OC[C@@]4(O)C3C(OC(=O)c3ccccc3)C(O)(CC1OC(=O)C(O)C(NC(=O)c1ccccc1)c1ccccc1)C2(C)C. The van der Waals surface area contributed by atoms with Gasteiger partial charge < -0.3 is 54.5 Å². The Morgan fingerprint density at radius 1 is 0.903 bits per heavy atom. The van der Waals surface area contributed by atoms with E-state index >= 15 is 4.79 Å². The van der Waals surface area contributed by atoms with Crippen LogP contribution < -0.4 is 5.32 Å². The normalized spacial score (nSPS) is 32.4. The third-order valence-electron chi connectivity index (χ3n) is 13.4. The molecule has 0 spiro atoms. The second-order valence-electron chi connectivity index (χ2n) is 17.1. The Morgan fingerprint density at radius 3 is 2.05 bits per heavy atom. The molecule has 3 aromatic carbocycles. The number of aliphatic hydroxyl groups is 4. The fourth-order valence-corrected chi connectivity index (χ4v) is 10.1. The first kappa shape index (κ1) is 45.4. The maximum absolute atomic E-state index is 15.2. The molecule has 18 heteroatoms. The molecule has 0 aromatic heterocycles. The van der Waals surface area contributed by atoms with Crippen LogP contribution in [0.3, 0.4) is 0 Å². The molecule has 3 aliphatic carbocycles. The summed E-state index contributed by atoms with van der Waals surface area (Å²) in [6.45, 7) is 4.39. The number of hydrogen-bond donors (Lipinski definition) is 7. The Morgan fingerprint density at radius 2 is 1.48 bits per heavy atom. The number of carbonyl (C=O) groups excluding carboxylic acids is 4. The van der Waals surface area contributed by atoms with Gasteiger partial charge in [0.1, 0.15) is 29.5 Å². The number of carbonyl (C=O) groups is 4. The van der Waals surface area contributed by atoms with Gasteiger partial charge in [-0.1, -0.05) is 80.6 Å². The first-order valence-electron chi connectivity index (χ1n) is 20.0. The highest BCUT2D eigenvalue weighted by Gasteiger charge is 2.76. The van der Waals surface area contributed by atoms with Crippen molar-refractivity contribution in [2.24, 2.45) is 16.7 Å². The van der Waals surface area contributed by atoms with E-state index in [1.54, 1.807) is 78.9 Å². The number of esters is 2. The second-order valence-corrected chi connectivity index (χ2v) is 18.3. The minimum Gasteiger partial charge on any atom is -0.456 e. The lowest BCUT2D eigenvalue weighted by molar-refractivity contribution is -0.349. The number of ether oxygens (including phenoxy) is 4. The quantitative estimate of drug-likeness (QED) is 0.0597. The Labute approximate surface area is 356 Å². The van der Waals surface area contributed by atoms with Gasteiger partial charge in [-0.05, 0) is 54.8 Å². The van der Waals surface area contributed by atoms with Crippen molar-refractivity contribution in [2.75, 3.05) is 13.4 Å². The number of phosphoric acid groups is 1. The summed E-state index contributed by atoms with van der Waals surface area (Å²) in [5.74, 6) is -5.46. The number of Topliss-reactive ketones (excluding diaryl/α,β-unsaturated/α-hetero) is 1. The maximum atomic E-state index is 15.2. The van der Waals surface area contributed by atoms with Crippen molar-refractivity contribution in [1.82, 2.24) is 5.32 Å². The van der Waals surface area contributed by atoms with E-state index in [0.717, 1.165) is 0 Å². The van der Waals surface area contributed by atoms with Crippen LogP contribution in [0.15, 0.2) is 102 Å². The lowest BCUT2D eigenvalue weighted by Crippen LogP contribution is -2.81. The summed E-state index contributed by atoms with van der Waals surface area (Å²) in [6.07, 6.45) is -10.9. The summed E-state index contributed by atoms with van der Waals surface area (Å²) in [5.41, 5.74) is -7.61. The fraction of sp³-hybridized carbons (Fsp3) is 0.455. The third-order valence-corrected chi connectivity index (χ3v) is 13.8. The van der Waals surface area contributed by atoms with Gasteiger partial charge in [0.05, 0.1) is 35.8 Å². The van der Waals surface area contributed by atoms with Crippen LogP contribution in [0, 0.1) is 16.7 Å². The van der Waals surface area contributed by atoms with Gasteiger partial charge in [-0.2, -0.15) is 0 Å². The van der Waals surface area contributed by atoms with Crippen molar-refractivity contribution in [1.29, 1.82) is 0 Å². The molecule has 7 N–H and O–H groups in total. The van der Waals surface area contributed by atoms with Crippen molar-refractivity contribution in [3.05, 3.63) is 119 Å². The average molecular weight is 880 g/mol. The van der Waals surface area contributed by atoms with Crippen LogP contribution in [-0.4, -0.2) is 115 Å². The topological polar surface area (TPSA) is 265 Å². The van der Waals surface area contributed by atoms with Crippen molar-refractivity contribution in [2.45, 2.75) is 94.4 Å². The molecule has 11 atom stereocenters. The average Bonchev–Trinajstić information content (AvgIpc) is 3.24. The van der Waals surface area contributed by atoms with Gasteiger partial charge in [-0.25, -0.2) is 14.2 Å². The Bertz CT molecular complexity index is 2270. The van der Waals surface area contributed by atoms with Crippen LogP contribution in [0.2, 0.25) is 0 Å². The molecule has 1 saturated heterocycles. The van der Waals surface area contributed by atoms with E-state index in [0.29, 0.717) is 5.56 Å². The van der Waals surface area contributed by atoms with Crippen LogP contribution in [-0.2, 0) is 37.6 Å².